The van der Waals surface area contributed by atoms with Crippen molar-refractivity contribution in [2.24, 2.45) is 17.8 Å². The molecule has 0 amide bonds. The SMILES string of the molecule is COC(=O)C1=CO[C@@H](O[C@@H]2O[C@H](COC(C)=O)[C@@H](OC(C)=O)[C@H](OC(C)=O)[C@H]2OC(C)=O)[C@@H]2[C@H](C)[C@@H](OC(C)=O)[C@@H](OC(=O)/C=C/c3ccc(OC(C)=O)c(OC(C)=O)c3)[C@H]12. The summed E-state index contributed by atoms with van der Waals surface area (Å²) in [7, 11) is 1.10. The summed E-state index contributed by atoms with van der Waals surface area (Å²) in [6, 6.07) is 4.12. The number of benzene rings is 1. The lowest BCUT2D eigenvalue weighted by atomic mass is 9.82. The Morgan fingerprint density at radius 1 is 0.639 bits per heavy atom. The van der Waals surface area contributed by atoms with E-state index in [2.05, 4.69) is 0 Å². The fraction of sp³-hybridized carbons (Fsp3) is 0.525. The summed E-state index contributed by atoms with van der Waals surface area (Å²) in [5.41, 5.74) is 0.155. The lowest BCUT2D eigenvalue weighted by Gasteiger charge is -2.46. The molecule has 1 aromatic carbocycles. The van der Waals surface area contributed by atoms with Gasteiger partial charge >= 0.3 is 53.7 Å². The fourth-order valence-corrected chi connectivity index (χ4v) is 7.18. The van der Waals surface area contributed by atoms with E-state index in [1.165, 1.54) is 24.3 Å². The first-order valence-corrected chi connectivity index (χ1v) is 18.7. The van der Waals surface area contributed by atoms with Crippen LogP contribution in [0.4, 0.5) is 0 Å². The highest BCUT2D eigenvalue weighted by molar-refractivity contribution is 5.90. The van der Waals surface area contributed by atoms with Gasteiger partial charge in [0.25, 0.3) is 0 Å². The molecule has 1 aromatic rings. The average molecular weight is 863 g/mol. The van der Waals surface area contributed by atoms with Crippen molar-refractivity contribution in [3.63, 3.8) is 0 Å². The third-order valence-corrected chi connectivity index (χ3v) is 9.30. The molecular weight excluding hydrogens is 816 g/mol. The number of esters is 9. The molecule has 0 radical (unpaired) electrons. The van der Waals surface area contributed by atoms with Gasteiger partial charge in [-0.3, -0.25) is 33.6 Å². The average Bonchev–Trinajstić information content (AvgIpc) is 3.41. The molecule has 21 heteroatoms. The predicted molar refractivity (Wildman–Crippen MR) is 198 cm³/mol. The third-order valence-electron chi connectivity index (χ3n) is 9.30. The van der Waals surface area contributed by atoms with Crippen LogP contribution in [0.2, 0.25) is 0 Å². The molecule has 0 unspecified atom stereocenters. The minimum atomic E-state index is -1.73. The first kappa shape index (κ1) is 47.3. The smallest absolute Gasteiger partial charge is 0.337 e. The number of hydrogen-bond acceptors (Lipinski definition) is 21. The van der Waals surface area contributed by atoms with Crippen LogP contribution in [0.3, 0.4) is 0 Å². The molecule has 1 saturated carbocycles. The Balaban J connectivity index is 1.74. The number of rotatable bonds is 14. The van der Waals surface area contributed by atoms with Gasteiger partial charge in [0.05, 0.1) is 18.9 Å². The Labute approximate surface area is 348 Å². The maximum atomic E-state index is 13.5. The van der Waals surface area contributed by atoms with Gasteiger partial charge in [0.1, 0.15) is 24.9 Å². The standard InChI is InChI=1S/C40H46O21/c1-17-31-32(35(33(17)55-21(5)44)60-30(48)13-11-25-10-12-27(53-19(3)42)28(14-25)54-20(4)43)26(38(49)50-9)15-52-39(31)61-40-37(58-24(8)47)36(57-23(7)46)34(56-22(6)45)29(59-40)16-51-18(2)41/h10-15,17,29,31-37,39-40H,16H2,1-9H3/b13-11+/t17-,29+,31+,32+,33+,34+,35-,36-,37+,39-,40-/m0/s1. The van der Waals surface area contributed by atoms with Gasteiger partial charge in [-0.1, -0.05) is 13.0 Å². The van der Waals surface area contributed by atoms with E-state index in [1.54, 1.807) is 6.92 Å². The molecule has 11 atom stereocenters. The van der Waals surface area contributed by atoms with E-state index in [0.717, 1.165) is 67.9 Å². The van der Waals surface area contributed by atoms with Gasteiger partial charge in [-0.2, -0.15) is 0 Å². The van der Waals surface area contributed by atoms with Gasteiger partial charge in [-0.25, -0.2) is 9.59 Å². The van der Waals surface area contributed by atoms with E-state index >= 15 is 0 Å². The molecule has 0 aromatic heterocycles. The summed E-state index contributed by atoms with van der Waals surface area (Å²) >= 11 is 0. The first-order valence-electron chi connectivity index (χ1n) is 18.7. The summed E-state index contributed by atoms with van der Waals surface area (Å²) in [5.74, 6) is -10.7. The predicted octanol–water partition coefficient (Wildman–Crippen LogP) is 1.79. The highest BCUT2D eigenvalue weighted by Crippen LogP contribution is 2.50. The van der Waals surface area contributed by atoms with Gasteiger partial charge in [0, 0.05) is 72.3 Å². The maximum Gasteiger partial charge on any atom is 0.337 e. The van der Waals surface area contributed by atoms with E-state index in [1.807, 2.05) is 0 Å². The molecule has 2 heterocycles. The van der Waals surface area contributed by atoms with Crippen LogP contribution in [0.15, 0.2) is 36.1 Å². The van der Waals surface area contributed by atoms with Crippen LogP contribution < -0.4 is 9.47 Å². The number of ether oxygens (including phenoxy) is 12. The van der Waals surface area contributed by atoms with E-state index in [9.17, 15) is 43.2 Å². The highest BCUT2D eigenvalue weighted by Gasteiger charge is 2.62. The van der Waals surface area contributed by atoms with Crippen LogP contribution in [0.1, 0.15) is 61.0 Å². The van der Waals surface area contributed by atoms with Crippen molar-refractivity contribution >= 4 is 59.8 Å². The first-order chi connectivity index (χ1) is 28.7. The molecule has 332 valence electrons. The van der Waals surface area contributed by atoms with E-state index in [4.69, 9.17) is 56.8 Å². The number of carbonyl (C=O) groups excluding carboxylic acids is 9. The molecule has 4 rings (SSSR count). The van der Waals surface area contributed by atoms with Crippen molar-refractivity contribution in [3.8, 4) is 11.5 Å². The largest absolute Gasteiger partial charge is 0.472 e. The monoisotopic (exact) mass is 862 g/mol. The molecule has 21 nitrogen and oxygen atoms in total. The molecule has 1 saturated heterocycles. The van der Waals surface area contributed by atoms with Crippen LogP contribution in [0.25, 0.3) is 6.08 Å². The minimum absolute atomic E-state index is 0.0557. The van der Waals surface area contributed by atoms with Gasteiger partial charge in [-0.05, 0) is 23.8 Å². The van der Waals surface area contributed by atoms with Crippen molar-refractivity contribution in [1.82, 2.24) is 0 Å². The lowest BCUT2D eigenvalue weighted by Crippen LogP contribution is -2.63. The van der Waals surface area contributed by atoms with Crippen LogP contribution in [0.5, 0.6) is 11.5 Å². The van der Waals surface area contributed by atoms with Crippen molar-refractivity contribution in [1.29, 1.82) is 0 Å². The van der Waals surface area contributed by atoms with Crippen LogP contribution >= 0.6 is 0 Å². The van der Waals surface area contributed by atoms with E-state index < -0.39 is 127 Å². The van der Waals surface area contributed by atoms with Gasteiger partial charge in [0.15, 0.2) is 29.8 Å². The molecule has 1 aliphatic carbocycles. The molecule has 2 aliphatic heterocycles. The second-order valence-corrected chi connectivity index (χ2v) is 13.9. The van der Waals surface area contributed by atoms with Crippen LogP contribution in [0, 0.1) is 17.8 Å². The number of methoxy groups -OCH3 is 1. The number of carbonyl (C=O) groups is 9. The molecule has 0 bridgehead atoms. The summed E-state index contributed by atoms with van der Waals surface area (Å²) in [6.07, 6.45) is -8.72. The third kappa shape index (κ3) is 12.4. The number of fused-ring (bicyclic) bond motifs is 1. The van der Waals surface area contributed by atoms with Crippen molar-refractivity contribution in [3.05, 3.63) is 41.7 Å². The normalized spacial score (nSPS) is 27.8. The Morgan fingerprint density at radius 2 is 1.21 bits per heavy atom. The summed E-state index contributed by atoms with van der Waals surface area (Å²) < 4.78 is 66.7. The summed E-state index contributed by atoms with van der Waals surface area (Å²) in [5, 5.41) is 0. The zero-order chi connectivity index (χ0) is 45.3. The molecule has 0 spiro atoms. The second kappa shape index (κ2) is 20.8. The zero-order valence-electron chi connectivity index (χ0n) is 34.6. The Hall–Kier alpha value is -6.35. The van der Waals surface area contributed by atoms with Gasteiger partial charge in [-0.15, -0.1) is 0 Å². The van der Waals surface area contributed by atoms with Crippen molar-refractivity contribution in [2.45, 2.75) is 105 Å². The Morgan fingerprint density at radius 3 is 1.79 bits per heavy atom. The number of hydrogen-bond donors (Lipinski definition) is 0. The molecule has 61 heavy (non-hydrogen) atoms. The van der Waals surface area contributed by atoms with Crippen LogP contribution in [-0.4, -0.2) is 117 Å². The van der Waals surface area contributed by atoms with Crippen LogP contribution in [-0.2, 0) is 90.5 Å². The fourth-order valence-electron chi connectivity index (χ4n) is 7.18. The maximum absolute atomic E-state index is 13.5. The van der Waals surface area contributed by atoms with Gasteiger partial charge < -0.3 is 56.8 Å². The van der Waals surface area contributed by atoms with E-state index in [0.29, 0.717) is 5.56 Å². The quantitative estimate of drug-likeness (QED) is 0.112. The van der Waals surface area contributed by atoms with E-state index in [-0.39, 0.29) is 17.1 Å². The molecule has 0 N–H and O–H groups in total. The van der Waals surface area contributed by atoms with Crippen molar-refractivity contribution in [2.75, 3.05) is 13.7 Å². The Kier molecular flexibility index (Phi) is 16.1. The second-order valence-electron chi connectivity index (χ2n) is 13.9. The summed E-state index contributed by atoms with van der Waals surface area (Å²) in [4.78, 5) is 111. The summed E-state index contributed by atoms with van der Waals surface area (Å²) in [6.45, 7) is 8.71. The highest BCUT2D eigenvalue weighted by atomic mass is 16.8. The van der Waals surface area contributed by atoms with Gasteiger partial charge in [0.2, 0.25) is 12.6 Å². The van der Waals surface area contributed by atoms with Crippen molar-refractivity contribution < 1.29 is 100.0 Å². The Bertz CT molecular complexity index is 1950. The molecule has 3 aliphatic rings. The minimum Gasteiger partial charge on any atom is -0.472 e. The lowest BCUT2D eigenvalue weighted by molar-refractivity contribution is -0.345. The molecule has 2 fully saturated rings. The zero-order valence-corrected chi connectivity index (χ0v) is 34.6. The topological polar surface area (TPSA) is 264 Å². The molecular formula is C40H46O21.